The fraction of sp³-hybridized carbons (Fsp3) is 0.308. The van der Waals surface area contributed by atoms with Gasteiger partial charge in [0.25, 0.3) is 0 Å². The molecule has 3 nitrogen and oxygen atoms in total. The number of aromatic nitrogens is 2. The van der Waals surface area contributed by atoms with E-state index in [1.165, 1.54) is 12.1 Å². The van der Waals surface area contributed by atoms with Gasteiger partial charge in [0, 0.05) is 18.3 Å². The Morgan fingerprint density at radius 3 is 2.76 bits per heavy atom. The first-order valence-electron chi connectivity index (χ1n) is 5.75. The number of aryl methyl sites for hydroxylation is 1. The highest BCUT2D eigenvalue weighted by atomic mass is 19.1. The second kappa shape index (κ2) is 3.96. The highest BCUT2D eigenvalue weighted by Gasteiger charge is 2.20. The molecule has 88 valence electrons. The minimum atomic E-state index is -0.474. The smallest absolute Gasteiger partial charge is 0.138 e. The predicted octanol–water partition coefficient (Wildman–Crippen LogP) is 2.52. The summed E-state index contributed by atoms with van der Waals surface area (Å²) in [7, 11) is 0. The van der Waals surface area contributed by atoms with Crippen LogP contribution in [0.5, 0.6) is 0 Å². The van der Waals surface area contributed by atoms with Crippen molar-refractivity contribution >= 4 is 0 Å². The normalized spacial score (nSPS) is 19.1. The van der Waals surface area contributed by atoms with E-state index in [0.717, 1.165) is 36.5 Å². The molecule has 1 aliphatic heterocycles. The van der Waals surface area contributed by atoms with E-state index in [1.54, 1.807) is 12.1 Å². The van der Waals surface area contributed by atoms with E-state index in [9.17, 15) is 9.50 Å². The number of nitrogens with zero attached hydrogens (tertiary/aromatic N) is 2. The SMILES string of the molecule is O[C@@H]1CCCn2cc(-c3ccc(F)cc3)nc21. The summed E-state index contributed by atoms with van der Waals surface area (Å²) in [6.45, 7) is 0.889. The molecule has 0 fully saturated rings. The lowest BCUT2D eigenvalue weighted by Gasteiger charge is -2.18. The van der Waals surface area contributed by atoms with E-state index >= 15 is 0 Å². The molecule has 2 heterocycles. The molecule has 4 heteroatoms. The largest absolute Gasteiger partial charge is 0.385 e. The van der Waals surface area contributed by atoms with E-state index in [0.29, 0.717) is 0 Å². The molecule has 0 unspecified atom stereocenters. The van der Waals surface area contributed by atoms with Gasteiger partial charge < -0.3 is 9.67 Å². The van der Waals surface area contributed by atoms with Crippen LogP contribution in [-0.2, 0) is 6.54 Å². The Balaban J connectivity index is 2.02. The minimum Gasteiger partial charge on any atom is -0.385 e. The molecule has 1 aliphatic rings. The van der Waals surface area contributed by atoms with E-state index < -0.39 is 6.10 Å². The van der Waals surface area contributed by atoms with Gasteiger partial charge in [0.1, 0.15) is 17.7 Å². The number of aliphatic hydroxyl groups is 1. The van der Waals surface area contributed by atoms with Crippen LogP contribution in [0.2, 0.25) is 0 Å². The highest BCUT2D eigenvalue weighted by molar-refractivity contribution is 5.58. The Labute approximate surface area is 98.5 Å². The second-order valence-electron chi connectivity index (χ2n) is 4.34. The minimum absolute atomic E-state index is 0.252. The van der Waals surface area contributed by atoms with Crippen molar-refractivity contribution in [3.63, 3.8) is 0 Å². The van der Waals surface area contributed by atoms with Gasteiger partial charge >= 0.3 is 0 Å². The fourth-order valence-electron chi connectivity index (χ4n) is 2.22. The summed E-state index contributed by atoms with van der Waals surface area (Å²) in [5, 5.41) is 9.82. The van der Waals surface area contributed by atoms with Crippen molar-refractivity contribution < 1.29 is 9.50 Å². The average Bonchev–Trinajstić information content (AvgIpc) is 2.75. The van der Waals surface area contributed by atoms with Crippen molar-refractivity contribution in [3.8, 4) is 11.3 Å². The van der Waals surface area contributed by atoms with Crippen LogP contribution in [0, 0.1) is 5.82 Å². The van der Waals surface area contributed by atoms with Crippen molar-refractivity contribution in [2.45, 2.75) is 25.5 Å². The van der Waals surface area contributed by atoms with Gasteiger partial charge in [0.05, 0.1) is 5.69 Å². The molecule has 17 heavy (non-hydrogen) atoms. The van der Waals surface area contributed by atoms with Crippen molar-refractivity contribution in [3.05, 3.63) is 42.1 Å². The lowest BCUT2D eigenvalue weighted by molar-refractivity contribution is 0.134. The summed E-state index contributed by atoms with van der Waals surface area (Å²) in [5.41, 5.74) is 1.67. The lowest BCUT2D eigenvalue weighted by atomic mass is 10.1. The fourth-order valence-corrected chi connectivity index (χ4v) is 2.22. The van der Waals surface area contributed by atoms with Crippen LogP contribution < -0.4 is 0 Å². The summed E-state index contributed by atoms with van der Waals surface area (Å²) in [6, 6.07) is 6.25. The molecule has 0 aliphatic carbocycles. The third kappa shape index (κ3) is 1.85. The molecular formula is C13H13FN2O. The quantitative estimate of drug-likeness (QED) is 0.820. The number of benzene rings is 1. The second-order valence-corrected chi connectivity index (χ2v) is 4.34. The molecule has 0 amide bonds. The first-order valence-corrected chi connectivity index (χ1v) is 5.75. The van der Waals surface area contributed by atoms with E-state index in [-0.39, 0.29) is 5.82 Å². The number of aliphatic hydroxyl groups excluding tert-OH is 1. The van der Waals surface area contributed by atoms with Crippen LogP contribution in [0.25, 0.3) is 11.3 Å². The maximum atomic E-state index is 12.8. The van der Waals surface area contributed by atoms with Gasteiger partial charge in [-0.15, -0.1) is 0 Å². The van der Waals surface area contributed by atoms with Gasteiger partial charge in [-0.05, 0) is 37.1 Å². The maximum absolute atomic E-state index is 12.8. The van der Waals surface area contributed by atoms with Crippen LogP contribution in [0.1, 0.15) is 24.8 Å². The molecule has 1 atom stereocenters. The molecule has 1 N–H and O–H groups in total. The molecule has 2 aromatic rings. The standard InChI is InChI=1S/C13H13FN2O/c14-10-5-3-9(4-6-10)11-8-16-7-1-2-12(17)13(16)15-11/h3-6,8,12,17H,1-2,7H2/t12-/m1/s1. The zero-order valence-electron chi connectivity index (χ0n) is 9.31. The zero-order valence-corrected chi connectivity index (χ0v) is 9.31. The van der Waals surface area contributed by atoms with Gasteiger partial charge in [0.15, 0.2) is 0 Å². The van der Waals surface area contributed by atoms with E-state index in [4.69, 9.17) is 0 Å². The van der Waals surface area contributed by atoms with Crippen LogP contribution in [0.15, 0.2) is 30.5 Å². The molecule has 0 bridgehead atoms. The Bertz CT molecular complexity index is 533. The third-order valence-electron chi connectivity index (χ3n) is 3.12. The van der Waals surface area contributed by atoms with Crippen molar-refractivity contribution in [2.75, 3.05) is 0 Å². The lowest BCUT2D eigenvalue weighted by Crippen LogP contribution is -2.14. The average molecular weight is 232 g/mol. The van der Waals surface area contributed by atoms with E-state index in [1.807, 2.05) is 10.8 Å². The molecule has 0 saturated heterocycles. The van der Waals surface area contributed by atoms with Crippen molar-refractivity contribution in [1.29, 1.82) is 0 Å². The third-order valence-corrected chi connectivity index (χ3v) is 3.12. The van der Waals surface area contributed by atoms with Crippen LogP contribution in [0.3, 0.4) is 0 Å². The number of rotatable bonds is 1. The number of hydrogen-bond donors (Lipinski definition) is 1. The molecule has 0 saturated carbocycles. The summed E-state index contributed by atoms with van der Waals surface area (Å²) < 4.78 is 14.8. The maximum Gasteiger partial charge on any atom is 0.138 e. The predicted molar refractivity (Wildman–Crippen MR) is 61.8 cm³/mol. The Kier molecular flexibility index (Phi) is 2.44. The van der Waals surface area contributed by atoms with Gasteiger partial charge in [0.2, 0.25) is 0 Å². The highest BCUT2D eigenvalue weighted by Crippen LogP contribution is 2.27. The molecule has 1 aromatic heterocycles. The summed E-state index contributed by atoms with van der Waals surface area (Å²) in [6.07, 6.45) is 3.18. The number of fused-ring (bicyclic) bond motifs is 1. The van der Waals surface area contributed by atoms with E-state index in [2.05, 4.69) is 4.98 Å². The Morgan fingerprint density at radius 2 is 2.06 bits per heavy atom. The monoisotopic (exact) mass is 232 g/mol. The van der Waals surface area contributed by atoms with Crippen molar-refractivity contribution in [1.82, 2.24) is 9.55 Å². The zero-order chi connectivity index (χ0) is 11.8. The van der Waals surface area contributed by atoms with Crippen molar-refractivity contribution in [2.24, 2.45) is 0 Å². The summed E-state index contributed by atoms with van der Waals surface area (Å²) >= 11 is 0. The summed E-state index contributed by atoms with van der Waals surface area (Å²) in [4.78, 5) is 4.42. The van der Waals surface area contributed by atoms with Gasteiger partial charge in [-0.3, -0.25) is 0 Å². The van der Waals surface area contributed by atoms with Crippen LogP contribution >= 0.6 is 0 Å². The summed E-state index contributed by atoms with van der Waals surface area (Å²) in [5.74, 6) is 0.466. The van der Waals surface area contributed by atoms with Gasteiger partial charge in [-0.2, -0.15) is 0 Å². The first-order chi connectivity index (χ1) is 8.24. The Hall–Kier alpha value is -1.68. The first kappa shape index (κ1) is 10.5. The number of halogens is 1. The molecular weight excluding hydrogens is 219 g/mol. The topological polar surface area (TPSA) is 38.0 Å². The molecule has 0 spiro atoms. The van der Waals surface area contributed by atoms with Crippen LogP contribution in [0.4, 0.5) is 4.39 Å². The number of imidazole rings is 1. The molecule has 3 rings (SSSR count). The van der Waals surface area contributed by atoms with Gasteiger partial charge in [-0.1, -0.05) is 0 Å². The Morgan fingerprint density at radius 1 is 1.29 bits per heavy atom. The molecule has 0 radical (unpaired) electrons. The van der Waals surface area contributed by atoms with Crippen LogP contribution in [-0.4, -0.2) is 14.7 Å². The molecule has 1 aromatic carbocycles. The van der Waals surface area contributed by atoms with Gasteiger partial charge in [-0.25, -0.2) is 9.37 Å². The number of hydrogen-bond acceptors (Lipinski definition) is 2.